The molecule has 0 spiro atoms. The number of nitrogens with zero attached hydrogens (tertiary/aromatic N) is 4. The first kappa shape index (κ1) is 33.1. The molecule has 6 atom stereocenters. The third-order valence-electron chi connectivity index (χ3n) is 9.59. The Morgan fingerprint density at radius 2 is 1.81 bits per heavy atom. The van der Waals surface area contributed by atoms with Gasteiger partial charge in [0.15, 0.2) is 26.5 Å². The molecule has 2 aromatic heterocycles. The van der Waals surface area contributed by atoms with Crippen molar-refractivity contribution in [3.05, 3.63) is 6.33 Å². The van der Waals surface area contributed by atoms with Gasteiger partial charge in [-0.15, -0.1) is 11.8 Å². The molecule has 0 bridgehead atoms. The number of thioether (sulfide) groups is 1. The van der Waals surface area contributed by atoms with Crippen molar-refractivity contribution in [3.8, 4) is 0 Å². The van der Waals surface area contributed by atoms with Gasteiger partial charge in [-0.25, -0.2) is 14.6 Å². The van der Waals surface area contributed by atoms with E-state index in [2.05, 4.69) is 72.3 Å². The minimum Gasteiger partial charge on any atom is -0.413 e. The Bertz CT molecular complexity index is 1210. The molecule has 5 heterocycles. The zero-order valence-electron chi connectivity index (χ0n) is 27.5. The number of ether oxygens (including phenoxy) is 4. The lowest BCUT2D eigenvalue weighted by Gasteiger charge is -2.43. The normalized spacial score (nSPS) is 28.4. The quantitative estimate of drug-likeness (QED) is 0.199. The van der Waals surface area contributed by atoms with E-state index >= 15 is 0 Å². The van der Waals surface area contributed by atoms with E-state index in [4.69, 9.17) is 34.2 Å². The Kier molecular flexibility index (Phi) is 10.2. The Labute approximate surface area is 262 Å². The maximum absolute atomic E-state index is 7.05. The lowest BCUT2D eigenvalue weighted by molar-refractivity contribution is -0.179. The van der Waals surface area contributed by atoms with E-state index in [0.717, 1.165) is 42.7 Å². The molecule has 10 nitrogen and oxygen atoms in total. The summed E-state index contributed by atoms with van der Waals surface area (Å²) in [4.78, 5) is 8.94. The van der Waals surface area contributed by atoms with Crippen molar-refractivity contribution in [2.24, 2.45) is 5.92 Å². The van der Waals surface area contributed by atoms with Crippen molar-refractivity contribution in [2.75, 3.05) is 24.7 Å². The molecule has 3 fully saturated rings. The lowest BCUT2D eigenvalue weighted by Crippen LogP contribution is -2.49. The fraction of sp³-hybridized carbons (Fsp3) is 0.839. The van der Waals surface area contributed by atoms with Crippen molar-refractivity contribution in [3.63, 3.8) is 0 Å². The molecule has 3 saturated heterocycles. The number of nitrogen functional groups attached to an aromatic ring is 1. The third-order valence-corrected chi connectivity index (χ3v) is 16.9. The van der Waals surface area contributed by atoms with E-state index in [-0.39, 0.29) is 36.1 Å². The molecule has 2 N–H and O–H groups in total. The van der Waals surface area contributed by atoms with Gasteiger partial charge in [-0.2, -0.15) is 5.10 Å². The zero-order chi connectivity index (χ0) is 31.1. The molecule has 0 unspecified atom stereocenters. The SMILES string of the molecule is CC(C)[Si](OC[C@H]1O[C@@H](n2nc(SC[C@@H](C)O[C@H]3CCCCO3)c3c(N)ncnc32)[C@@H]2OC(C)(C)C[C@@H]21)(C(C)C)C(C)C. The number of rotatable bonds is 12. The summed E-state index contributed by atoms with van der Waals surface area (Å²) in [5, 5.41) is 6.58. The summed E-state index contributed by atoms with van der Waals surface area (Å²) in [6.07, 6.45) is 4.71. The van der Waals surface area contributed by atoms with E-state index in [1.807, 2.05) is 4.68 Å². The lowest BCUT2D eigenvalue weighted by atomic mass is 9.91. The van der Waals surface area contributed by atoms with Crippen molar-refractivity contribution in [1.82, 2.24) is 19.7 Å². The molecule has 0 saturated carbocycles. The smallest absolute Gasteiger partial charge is 0.200 e. The fourth-order valence-corrected chi connectivity index (χ4v) is 14.2. The van der Waals surface area contributed by atoms with Crippen LogP contribution < -0.4 is 5.73 Å². The van der Waals surface area contributed by atoms with Gasteiger partial charge in [0.25, 0.3) is 0 Å². The maximum atomic E-state index is 7.05. The van der Waals surface area contributed by atoms with Gasteiger partial charge in [0.1, 0.15) is 23.3 Å². The summed E-state index contributed by atoms with van der Waals surface area (Å²) < 4.78 is 34.4. The summed E-state index contributed by atoms with van der Waals surface area (Å²) in [5.41, 5.74) is 8.33. The van der Waals surface area contributed by atoms with Crippen molar-refractivity contribution in [1.29, 1.82) is 0 Å². The van der Waals surface area contributed by atoms with Crippen molar-refractivity contribution < 1.29 is 23.4 Å². The van der Waals surface area contributed by atoms with Crippen LogP contribution in [0.1, 0.15) is 94.2 Å². The van der Waals surface area contributed by atoms with Crippen LogP contribution in [0.5, 0.6) is 0 Å². The number of aromatic nitrogens is 4. The molecule has 43 heavy (non-hydrogen) atoms. The van der Waals surface area contributed by atoms with E-state index in [1.165, 1.54) is 6.33 Å². The minimum atomic E-state index is -2.07. The molecule has 0 aromatic carbocycles. The summed E-state index contributed by atoms with van der Waals surface area (Å²) in [7, 11) is -2.07. The highest BCUT2D eigenvalue weighted by Crippen LogP contribution is 2.50. The highest BCUT2D eigenvalue weighted by atomic mass is 32.2. The predicted molar refractivity (Wildman–Crippen MR) is 173 cm³/mol. The first-order chi connectivity index (χ1) is 20.3. The van der Waals surface area contributed by atoms with Crippen molar-refractivity contribution in [2.45, 2.75) is 146 Å². The molecule has 3 aliphatic heterocycles. The van der Waals surface area contributed by atoms with Crippen LogP contribution in [0.3, 0.4) is 0 Å². The largest absolute Gasteiger partial charge is 0.413 e. The topological polar surface area (TPSA) is 116 Å². The fourth-order valence-electron chi connectivity index (χ4n) is 7.80. The minimum absolute atomic E-state index is 0.0148. The molecular weight excluding hydrogens is 583 g/mol. The standard InChI is InChI=1S/C31H53N5O5SSi/c1-18(2)43(19(3)4,20(5)6)38-15-23-22-14-31(8,9)41-26(22)30(40-23)36-28-25(27(32)33-17-34-28)29(35-36)42-16-21(7)39-24-12-10-11-13-37-24/h17-24,26,30H,10-16H2,1-9H3,(H2,32,33,34)/t21-,22-,23-,24+,26-,30-/m1/s1. The number of fused-ring (bicyclic) bond motifs is 2. The average molecular weight is 636 g/mol. The Morgan fingerprint density at radius 3 is 2.47 bits per heavy atom. The first-order valence-corrected chi connectivity index (χ1v) is 19.3. The van der Waals surface area contributed by atoms with E-state index in [9.17, 15) is 0 Å². The van der Waals surface area contributed by atoms with Gasteiger partial charge in [0, 0.05) is 18.3 Å². The van der Waals surface area contributed by atoms with E-state index in [1.54, 1.807) is 11.8 Å². The molecule has 5 rings (SSSR count). The summed E-state index contributed by atoms with van der Waals surface area (Å²) in [6.45, 7) is 21.7. The van der Waals surface area contributed by atoms with Crippen LogP contribution in [0.15, 0.2) is 11.4 Å². The molecule has 0 radical (unpaired) electrons. The molecule has 12 heteroatoms. The third kappa shape index (κ3) is 6.66. The van der Waals surface area contributed by atoms with Gasteiger partial charge in [0.05, 0.1) is 29.8 Å². The highest BCUT2D eigenvalue weighted by Gasteiger charge is 2.56. The highest BCUT2D eigenvalue weighted by molar-refractivity contribution is 7.99. The van der Waals surface area contributed by atoms with Gasteiger partial charge in [-0.1, -0.05) is 41.5 Å². The zero-order valence-corrected chi connectivity index (χ0v) is 29.4. The first-order valence-electron chi connectivity index (χ1n) is 16.2. The number of hydrogen-bond donors (Lipinski definition) is 1. The maximum Gasteiger partial charge on any atom is 0.200 e. The van der Waals surface area contributed by atoms with Gasteiger partial charge >= 0.3 is 0 Å². The molecule has 0 aliphatic carbocycles. The summed E-state index contributed by atoms with van der Waals surface area (Å²) in [5.74, 6) is 1.30. The summed E-state index contributed by atoms with van der Waals surface area (Å²) in [6, 6.07) is 0. The second-order valence-corrected chi connectivity index (χ2v) is 20.6. The second kappa shape index (κ2) is 13.2. The number of nitrogens with two attached hydrogens (primary N) is 1. The molecule has 3 aliphatic rings. The monoisotopic (exact) mass is 635 g/mol. The molecule has 242 valence electrons. The van der Waals surface area contributed by atoms with Crippen LogP contribution in [-0.4, -0.2) is 77.2 Å². The van der Waals surface area contributed by atoms with Crippen LogP contribution in [-0.2, 0) is 23.4 Å². The van der Waals surface area contributed by atoms with Gasteiger partial charge in [-0.3, -0.25) is 0 Å². The van der Waals surface area contributed by atoms with Crippen LogP contribution in [0, 0.1) is 5.92 Å². The summed E-state index contributed by atoms with van der Waals surface area (Å²) >= 11 is 1.60. The van der Waals surface area contributed by atoms with Crippen LogP contribution in [0.2, 0.25) is 16.6 Å². The average Bonchev–Trinajstić information content (AvgIpc) is 3.57. The molecule has 0 amide bonds. The second-order valence-electron chi connectivity index (χ2n) is 14.2. The van der Waals surface area contributed by atoms with E-state index < -0.39 is 14.5 Å². The number of anilines is 1. The van der Waals surface area contributed by atoms with Gasteiger partial charge in [0.2, 0.25) is 0 Å². The van der Waals surface area contributed by atoms with Gasteiger partial charge in [-0.05, 0) is 63.1 Å². The Hall–Kier alpha value is -1.28. The Balaban J connectivity index is 1.39. The molecule has 2 aromatic rings. The van der Waals surface area contributed by atoms with Crippen molar-refractivity contribution >= 4 is 36.9 Å². The Morgan fingerprint density at radius 1 is 1.09 bits per heavy atom. The molecular formula is C31H53N5O5SSi. The van der Waals surface area contributed by atoms with Crippen LogP contribution >= 0.6 is 11.8 Å². The van der Waals surface area contributed by atoms with E-state index in [0.29, 0.717) is 40.4 Å². The number of hydrogen-bond acceptors (Lipinski definition) is 10. The van der Waals surface area contributed by atoms with Gasteiger partial charge < -0.3 is 29.1 Å². The predicted octanol–water partition coefficient (Wildman–Crippen LogP) is 6.71. The van der Waals surface area contributed by atoms with Crippen LogP contribution in [0.4, 0.5) is 5.82 Å². The van der Waals surface area contributed by atoms with Crippen LogP contribution in [0.25, 0.3) is 11.0 Å².